The summed E-state index contributed by atoms with van der Waals surface area (Å²) < 4.78 is 0. The standard InChI is InChI=1S/C15H14O2/c1-11(13-8-5-9-14(16)10-13)15(17)12-6-3-2-4-7-12/h2-11,16H,1H3. The molecule has 2 aromatic carbocycles. The summed E-state index contributed by atoms with van der Waals surface area (Å²) >= 11 is 0. The zero-order chi connectivity index (χ0) is 12.3. The van der Waals surface area contributed by atoms with Crippen LogP contribution in [0.3, 0.4) is 0 Å². The van der Waals surface area contributed by atoms with Crippen LogP contribution in [-0.2, 0) is 0 Å². The molecule has 2 rings (SSSR count). The highest BCUT2D eigenvalue weighted by Crippen LogP contribution is 2.23. The van der Waals surface area contributed by atoms with E-state index < -0.39 is 0 Å². The number of phenols is 1. The van der Waals surface area contributed by atoms with E-state index in [2.05, 4.69) is 0 Å². The summed E-state index contributed by atoms with van der Waals surface area (Å²) in [5.41, 5.74) is 1.53. The SMILES string of the molecule is CC(C(=O)c1ccccc1)c1cccc(O)c1. The van der Waals surface area contributed by atoms with E-state index in [-0.39, 0.29) is 17.5 Å². The molecule has 0 bridgehead atoms. The molecule has 2 aromatic rings. The summed E-state index contributed by atoms with van der Waals surface area (Å²) in [6, 6.07) is 16.0. The first-order valence-electron chi connectivity index (χ1n) is 5.56. The van der Waals surface area contributed by atoms with Gasteiger partial charge in [0, 0.05) is 11.5 Å². The lowest BCUT2D eigenvalue weighted by Gasteiger charge is -2.11. The number of benzene rings is 2. The van der Waals surface area contributed by atoms with E-state index >= 15 is 0 Å². The lowest BCUT2D eigenvalue weighted by Crippen LogP contribution is -2.09. The van der Waals surface area contributed by atoms with Gasteiger partial charge in [-0.25, -0.2) is 0 Å². The van der Waals surface area contributed by atoms with Crippen LogP contribution in [-0.4, -0.2) is 10.9 Å². The quantitative estimate of drug-likeness (QED) is 0.814. The molecule has 1 atom stereocenters. The van der Waals surface area contributed by atoms with Crippen LogP contribution in [0, 0.1) is 0 Å². The summed E-state index contributed by atoms with van der Waals surface area (Å²) in [5.74, 6) is 0.0101. The van der Waals surface area contributed by atoms with Crippen LogP contribution in [0.4, 0.5) is 0 Å². The molecule has 0 aliphatic rings. The second-order valence-electron chi connectivity index (χ2n) is 4.05. The van der Waals surface area contributed by atoms with E-state index in [9.17, 15) is 9.90 Å². The molecule has 0 saturated heterocycles. The van der Waals surface area contributed by atoms with Gasteiger partial charge in [-0.2, -0.15) is 0 Å². The van der Waals surface area contributed by atoms with Gasteiger partial charge in [0.2, 0.25) is 0 Å². The van der Waals surface area contributed by atoms with Gasteiger partial charge < -0.3 is 5.11 Å². The van der Waals surface area contributed by atoms with Crippen molar-refractivity contribution in [3.05, 3.63) is 65.7 Å². The van der Waals surface area contributed by atoms with Crippen LogP contribution in [0.5, 0.6) is 5.75 Å². The van der Waals surface area contributed by atoms with Crippen molar-refractivity contribution >= 4 is 5.78 Å². The second-order valence-corrected chi connectivity index (χ2v) is 4.05. The summed E-state index contributed by atoms with van der Waals surface area (Å²) in [6.45, 7) is 1.85. The van der Waals surface area contributed by atoms with Gasteiger partial charge in [-0.3, -0.25) is 4.79 Å². The predicted octanol–water partition coefficient (Wildman–Crippen LogP) is 3.38. The minimum Gasteiger partial charge on any atom is -0.508 e. The Morgan fingerprint density at radius 3 is 2.41 bits per heavy atom. The van der Waals surface area contributed by atoms with Crippen LogP contribution in [0.2, 0.25) is 0 Å². The first-order chi connectivity index (χ1) is 8.18. The van der Waals surface area contributed by atoms with Crippen molar-refractivity contribution in [1.29, 1.82) is 0 Å². The third-order valence-corrected chi connectivity index (χ3v) is 2.82. The van der Waals surface area contributed by atoms with Crippen LogP contribution in [0.25, 0.3) is 0 Å². The second kappa shape index (κ2) is 4.83. The Morgan fingerprint density at radius 1 is 1.06 bits per heavy atom. The molecule has 0 spiro atoms. The van der Waals surface area contributed by atoms with Crippen LogP contribution < -0.4 is 0 Å². The third kappa shape index (κ3) is 2.53. The molecule has 2 nitrogen and oxygen atoms in total. The van der Waals surface area contributed by atoms with Gasteiger partial charge in [0.05, 0.1) is 0 Å². The van der Waals surface area contributed by atoms with Crippen molar-refractivity contribution in [3.63, 3.8) is 0 Å². The van der Waals surface area contributed by atoms with Gasteiger partial charge in [0.15, 0.2) is 5.78 Å². The molecule has 0 fully saturated rings. The molecule has 0 amide bonds. The number of phenolic OH excluding ortho intramolecular Hbond substituents is 1. The van der Waals surface area contributed by atoms with Crippen molar-refractivity contribution in [2.75, 3.05) is 0 Å². The van der Waals surface area contributed by atoms with Crippen LogP contribution >= 0.6 is 0 Å². The fourth-order valence-corrected chi connectivity index (χ4v) is 1.80. The van der Waals surface area contributed by atoms with Crippen molar-refractivity contribution in [1.82, 2.24) is 0 Å². The zero-order valence-electron chi connectivity index (χ0n) is 9.63. The predicted molar refractivity (Wildman–Crippen MR) is 67.3 cm³/mol. The highest BCUT2D eigenvalue weighted by Gasteiger charge is 2.16. The van der Waals surface area contributed by atoms with Gasteiger partial charge in [-0.15, -0.1) is 0 Å². The average Bonchev–Trinajstić information content (AvgIpc) is 2.38. The van der Waals surface area contributed by atoms with Crippen molar-refractivity contribution in [2.24, 2.45) is 0 Å². The molecule has 1 unspecified atom stereocenters. The van der Waals surface area contributed by atoms with Gasteiger partial charge in [0.25, 0.3) is 0 Å². The number of aromatic hydroxyl groups is 1. The first kappa shape index (κ1) is 11.4. The third-order valence-electron chi connectivity index (χ3n) is 2.82. The van der Waals surface area contributed by atoms with E-state index in [1.807, 2.05) is 43.3 Å². The first-order valence-corrected chi connectivity index (χ1v) is 5.56. The number of hydrogen-bond donors (Lipinski definition) is 1. The van der Waals surface area contributed by atoms with Crippen LogP contribution in [0.15, 0.2) is 54.6 Å². The van der Waals surface area contributed by atoms with Crippen LogP contribution in [0.1, 0.15) is 28.8 Å². The lowest BCUT2D eigenvalue weighted by molar-refractivity contribution is 0.0966. The maximum atomic E-state index is 12.2. The molecule has 0 radical (unpaired) electrons. The topological polar surface area (TPSA) is 37.3 Å². The van der Waals surface area contributed by atoms with E-state index in [0.717, 1.165) is 5.56 Å². The average molecular weight is 226 g/mol. The Kier molecular flexibility index (Phi) is 3.24. The fourth-order valence-electron chi connectivity index (χ4n) is 1.80. The Balaban J connectivity index is 2.27. The maximum absolute atomic E-state index is 12.2. The molecule has 0 aliphatic carbocycles. The molecule has 17 heavy (non-hydrogen) atoms. The van der Waals surface area contributed by atoms with Gasteiger partial charge >= 0.3 is 0 Å². The van der Waals surface area contributed by atoms with Gasteiger partial charge in [-0.05, 0) is 17.7 Å². The Labute approximate surface area is 101 Å². The molecule has 86 valence electrons. The smallest absolute Gasteiger partial charge is 0.170 e. The molecule has 1 N–H and O–H groups in total. The van der Waals surface area contributed by atoms with Gasteiger partial charge in [-0.1, -0.05) is 49.4 Å². The maximum Gasteiger partial charge on any atom is 0.170 e. The highest BCUT2D eigenvalue weighted by molar-refractivity contribution is 6.00. The monoisotopic (exact) mass is 226 g/mol. The Morgan fingerprint density at radius 2 is 1.76 bits per heavy atom. The number of rotatable bonds is 3. The minimum absolute atomic E-state index is 0.0659. The number of hydrogen-bond acceptors (Lipinski definition) is 2. The Hall–Kier alpha value is -2.09. The van der Waals surface area contributed by atoms with Crippen molar-refractivity contribution in [2.45, 2.75) is 12.8 Å². The highest BCUT2D eigenvalue weighted by atomic mass is 16.3. The number of ketones is 1. The number of carbonyl (C=O) groups excluding carboxylic acids is 1. The van der Waals surface area contributed by atoms with E-state index in [4.69, 9.17) is 0 Å². The molecular weight excluding hydrogens is 212 g/mol. The lowest BCUT2D eigenvalue weighted by atomic mass is 9.92. The molecule has 0 saturated carbocycles. The number of Topliss-reactive ketones (excluding diaryl/α,β-unsaturated/α-hetero) is 1. The minimum atomic E-state index is -0.246. The normalized spacial score (nSPS) is 12.1. The molecular formula is C15H14O2. The largest absolute Gasteiger partial charge is 0.508 e. The van der Waals surface area contributed by atoms with E-state index in [1.54, 1.807) is 18.2 Å². The molecule has 0 aliphatic heterocycles. The Bertz CT molecular complexity index is 517. The zero-order valence-corrected chi connectivity index (χ0v) is 9.63. The molecule has 2 heteroatoms. The fraction of sp³-hybridized carbons (Fsp3) is 0.133. The van der Waals surface area contributed by atoms with Gasteiger partial charge in [0.1, 0.15) is 5.75 Å². The van der Waals surface area contributed by atoms with Crippen molar-refractivity contribution < 1.29 is 9.90 Å². The molecule has 0 aromatic heterocycles. The summed E-state index contributed by atoms with van der Waals surface area (Å²) in [6.07, 6.45) is 0. The van der Waals surface area contributed by atoms with E-state index in [1.165, 1.54) is 0 Å². The van der Waals surface area contributed by atoms with Crippen molar-refractivity contribution in [3.8, 4) is 5.75 Å². The number of carbonyl (C=O) groups is 1. The molecule has 0 heterocycles. The summed E-state index contributed by atoms with van der Waals surface area (Å²) in [5, 5.41) is 9.40. The van der Waals surface area contributed by atoms with E-state index in [0.29, 0.717) is 5.56 Å². The summed E-state index contributed by atoms with van der Waals surface area (Å²) in [7, 11) is 0. The summed E-state index contributed by atoms with van der Waals surface area (Å²) in [4.78, 5) is 12.2.